The Hall–Kier alpha value is -3.85. The van der Waals surface area contributed by atoms with Crippen molar-refractivity contribution in [3.63, 3.8) is 0 Å². The van der Waals surface area contributed by atoms with E-state index in [2.05, 4.69) is 72.8 Å². The third-order valence-electron chi connectivity index (χ3n) is 5.87. The Morgan fingerprint density at radius 2 is 1.15 bits per heavy atom. The Morgan fingerprint density at radius 1 is 0.667 bits per heavy atom. The van der Waals surface area contributed by atoms with Gasteiger partial charge >= 0.3 is 5.97 Å². The lowest BCUT2D eigenvalue weighted by molar-refractivity contribution is -0.134. The fraction of sp³-hybridized carbons (Fsp3) is 0.167. The number of benzene rings is 4. The zero-order valence-corrected chi connectivity index (χ0v) is 18.8. The Labute approximate surface area is 195 Å². The average molecular weight is 437 g/mol. The van der Waals surface area contributed by atoms with Crippen molar-refractivity contribution >= 4 is 5.97 Å². The van der Waals surface area contributed by atoms with E-state index in [1.165, 1.54) is 16.7 Å². The molecular weight excluding hydrogens is 408 g/mol. The molecule has 0 bridgehead atoms. The minimum atomic E-state index is -0.365. The van der Waals surface area contributed by atoms with Gasteiger partial charge < -0.3 is 9.47 Å². The number of hydrogen-bond donors (Lipinski definition) is 0. The third-order valence-corrected chi connectivity index (χ3v) is 5.87. The van der Waals surface area contributed by atoms with Crippen molar-refractivity contribution in [1.82, 2.24) is 0 Å². The zero-order valence-electron chi connectivity index (χ0n) is 18.8. The van der Waals surface area contributed by atoms with Gasteiger partial charge in [-0.05, 0) is 35.2 Å². The molecule has 3 heteroatoms. The second-order valence-electron chi connectivity index (χ2n) is 7.90. The summed E-state index contributed by atoms with van der Waals surface area (Å²) in [5, 5.41) is 0. The first-order valence-corrected chi connectivity index (χ1v) is 11.3. The van der Waals surface area contributed by atoms with Crippen LogP contribution in [0.25, 0.3) is 0 Å². The van der Waals surface area contributed by atoms with E-state index in [1.807, 2.05) is 30.3 Å². The number of carbonyl (C=O) groups excluding carboxylic acids is 1. The number of rotatable bonds is 9. The molecule has 0 atom stereocenters. The van der Waals surface area contributed by atoms with Gasteiger partial charge in [0.1, 0.15) is 11.5 Å². The fourth-order valence-electron chi connectivity index (χ4n) is 4.25. The van der Waals surface area contributed by atoms with Gasteiger partial charge in [0.05, 0.1) is 6.61 Å². The highest BCUT2D eigenvalue weighted by Gasteiger charge is 2.36. The number of esters is 1. The second kappa shape index (κ2) is 10.6. The summed E-state index contributed by atoms with van der Waals surface area (Å²) in [7, 11) is 0. The van der Waals surface area contributed by atoms with Gasteiger partial charge in [0, 0.05) is 17.9 Å². The minimum Gasteiger partial charge on any atom is -0.493 e. The molecule has 0 saturated heterocycles. The van der Waals surface area contributed by atoms with Crippen LogP contribution in [-0.4, -0.2) is 12.6 Å². The molecule has 0 N–H and O–H groups in total. The van der Waals surface area contributed by atoms with Gasteiger partial charge in [-0.25, -0.2) is 0 Å². The number of carbonyl (C=O) groups is 1. The van der Waals surface area contributed by atoms with Crippen molar-refractivity contribution in [1.29, 1.82) is 0 Å². The highest BCUT2D eigenvalue weighted by Crippen LogP contribution is 2.42. The van der Waals surface area contributed by atoms with Crippen LogP contribution in [0, 0.1) is 0 Å². The predicted molar refractivity (Wildman–Crippen MR) is 132 cm³/mol. The third kappa shape index (κ3) is 5.15. The smallest absolute Gasteiger partial charge is 0.310 e. The van der Waals surface area contributed by atoms with Crippen LogP contribution in [0.15, 0.2) is 115 Å². The molecule has 4 aromatic carbocycles. The molecular formula is C30H28O3. The lowest BCUT2D eigenvalue weighted by Crippen LogP contribution is -2.31. The van der Waals surface area contributed by atoms with E-state index in [1.54, 1.807) is 19.1 Å². The summed E-state index contributed by atoms with van der Waals surface area (Å²) in [5.74, 6) is 0.919. The van der Waals surface area contributed by atoms with Crippen LogP contribution in [0.1, 0.15) is 36.5 Å². The molecule has 0 spiro atoms. The first-order chi connectivity index (χ1) is 16.2. The van der Waals surface area contributed by atoms with Crippen LogP contribution in [0.5, 0.6) is 11.5 Å². The van der Waals surface area contributed by atoms with Crippen LogP contribution in [0.3, 0.4) is 0 Å². The van der Waals surface area contributed by atoms with E-state index in [4.69, 9.17) is 9.47 Å². The highest BCUT2D eigenvalue weighted by atomic mass is 16.5. The van der Waals surface area contributed by atoms with Crippen molar-refractivity contribution < 1.29 is 14.3 Å². The number of ether oxygens (including phenoxy) is 2. The van der Waals surface area contributed by atoms with Crippen LogP contribution >= 0.6 is 0 Å². The molecule has 0 aliphatic rings. The van der Waals surface area contributed by atoms with Crippen LogP contribution in [0.2, 0.25) is 0 Å². The van der Waals surface area contributed by atoms with Crippen LogP contribution < -0.4 is 9.47 Å². The SMILES string of the molecule is CCC(=O)Oc1cccc(OCCC(c2ccccc2)(c2ccccc2)c2ccccc2)c1. The molecule has 0 aliphatic carbocycles. The Morgan fingerprint density at radius 3 is 1.64 bits per heavy atom. The molecule has 0 fully saturated rings. The van der Waals surface area contributed by atoms with Crippen LogP contribution in [0.4, 0.5) is 0 Å². The van der Waals surface area contributed by atoms with Crippen molar-refractivity contribution in [2.24, 2.45) is 0 Å². The van der Waals surface area contributed by atoms with Gasteiger partial charge in [0.15, 0.2) is 0 Å². The van der Waals surface area contributed by atoms with E-state index in [0.717, 1.165) is 6.42 Å². The first kappa shape index (κ1) is 22.3. The summed E-state index contributed by atoms with van der Waals surface area (Å²) in [6.45, 7) is 2.27. The number of hydrogen-bond acceptors (Lipinski definition) is 3. The largest absolute Gasteiger partial charge is 0.493 e. The predicted octanol–water partition coefficient (Wildman–Crippen LogP) is 6.81. The molecule has 4 rings (SSSR count). The first-order valence-electron chi connectivity index (χ1n) is 11.3. The Balaban J connectivity index is 1.67. The summed E-state index contributed by atoms with van der Waals surface area (Å²) < 4.78 is 11.5. The van der Waals surface area contributed by atoms with Gasteiger partial charge in [-0.15, -0.1) is 0 Å². The standard InChI is InChI=1S/C30H28O3/c1-2-29(31)33-28-20-12-19-27(23-28)32-22-21-30(24-13-6-3-7-14-24,25-15-8-4-9-16-25)26-17-10-5-11-18-26/h3-20,23H,2,21-22H2,1H3. The maximum absolute atomic E-state index is 11.6. The fourth-order valence-corrected chi connectivity index (χ4v) is 4.25. The summed E-state index contributed by atoms with van der Waals surface area (Å²) >= 11 is 0. The quantitative estimate of drug-likeness (QED) is 0.164. The summed E-state index contributed by atoms with van der Waals surface area (Å²) in [6, 6.07) is 39.0. The molecule has 4 aromatic rings. The maximum atomic E-state index is 11.6. The Kier molecular flexibility index (Phi) is 7.21. The summed E-state index contributed by atoms with van der Waals surface area (Å²) in [4.78, 5) is 11.6. The van der Waals surface area contributed by atoms with Crippen molar-refractivity contribution in [2.45, 2.75) is 25.2 Å². The molecule has 33 heavy (non-hydrogen) atoms. The van der Waals surface area contributed by atoms with Crippen LogP contribution in [-0.2, 0) is 10.2 Å². The topological polar surface area (TPSA) is 35.5 Å². The average Bonchev–Trinajstić information content (AvgIpc) is 2.88. The highest BCUT2D eigenvalue weighted by molar-refractivity contribution is 5.72. The maximum Gasteiger partial charge on any atom is 0.310 e. The molecule has 0 aliphatic heterocycles. The van der Waals surface area contributed by atoms with Gasteiger partial charge in [0.2, 0.25) is 0 Å². The zero-order chi connectivity index (χ0) is 22.9. The van der Waals surface area contributed by atoms with Gasteiger partial charge in [-0.2, -0.15) is 0 Å². The monoisotopic (exact) mass is 436 g/mol. The normalized spacial score (nSPS) is 11.1. The van der Waals surface area contributed by atoms with E-state index in [-0.39, 0.29) is 11.4 Å². The van der Waals surface area contributed by atoms with Gasteiger partial charge in [-0.3, -0.25) is 4.79 Å². The van der Waals surface area contributed by atoms with E-state index in [0.29, 0.717) is 24.5 Å². The second-order valence-corrected chi connectivity index (χ2v) is 7.90. The molecule has 0 radical (unpaired) electrons. The molecule has 0 amide bonds. The molecule has 0 unspecified atom stereocenters. The summed E-state index contributed by atoms with van der Waals surface area (Å²) in [5.41, 5.74) is 3.29. The van der Waals surface area contributed by atoms with Crippen molar-refractivity contribution in [2.75, 3.05) is 6.61 Å². The molecule has 0 heterocycles. The lowest BCUT2D eigenvalue weighted by Gasteiger charge is -2.36. The molecule has 0 saturated carbocycles. The Bertz CT molecular complexity index is 1060. The van der Waals surface area contributed by atoms with Crippen molar-refractivity contribution in [3.8, 4) is 11.5 Å². The van der Waals surface area contributed by atoms with Gasteiger partial charge in [-0.1, -0.05) is 104 Å². The molecule has 3 nitrogen and oxygen atoms in total. The molecule has 0 aromatic heterocycles. The summed E-state index contributed by atoms with van der Waals surface area (Å²) in [6.07, 6.45) is 1.07. The van der Waals surface area contributed by atoms with E-state index < -0.39 is 0 Å². The van der Waals surface area contributed by atoms with Crippen molar-refractivity contribution in [3.05, 3.63) is 132 Å². The van der Waals surface area contributed by atoms with Gasteiger partial charge in [0.25, 0.3) is 0 Å². The van der Waals surface area contributed by atoms with E-state index in [9.17, 15) is 4.79 Å². The lowest BCUT2D eigenvalue weighted by atomic mass is 9.67. The molecule has 166 valence electrons. The van der Waals surface area contributed by atoms with E-state index >= 15 is 0 Å². The minimum absolute atomic E-state index is 0.261.